The predicted molar refractivity (Wildman–Crippen MR) is 277 cm³/mol. The SMILES string of the molecule is CNC(=O)N1CCc2c(c(N3CCCc4cc(-c5cnn(CC(=O)NCCC(=O)N[C@H](C(=O)N6C[C@H](O)C[C@H]6C(=O)NCc6ccc(-c7scnc7C)cc6)C(C)(C)C)c5)c(C(F)F)cc43)nn2C2CCOCC2)C1. The normalized spacial score (nSPS) is 18.4. The topological polar surface area (TPSA) is 221 Å². The highest BCUT2D eigenvalue weighted by molar-refractivity contribution is 7.13. The van der Waals surface area contributed by atoms with Crippen LogP contribution in [0.15, 0.2) is 54.3 Å². The van der Waals surface area contributed by atoms with Crippen molar-refractivity contribution in [1.82, 2.24) is 55.6 Å². The lowest BCUT2D eigenvalue weighted by Gasteiger charge is -2.35. The molecule has 2 aromatic carbocycles. The number of β-amino-alcohol motifs (C(OH)–C–C–N with tert-alkyl or cyclic N) is 1. The number of aryl methyl sites for hydroxylation is 2. The van der Waals surface area contributed by atoms with E-state index in [4.69, 9.17) is 9.84 Å². The van der Waals surface area contributed by atoms with Crippen molar-refractivity contribution in [3.63, 3.8) is 0 Å². The number of urea groups is 1. The molecule has 0 bridgehead atoms. The Morgan fingerprint density at radius 2 is 1.76 bits per heavy atom. The van der Waals surface area contributed by atoms with Crippen molar-refractivity contribution in [2.24, 2.45) is 5.41 Å². The zero-order valence-corrected chi connectivity index (χ0v) is 43.9. The lowest BCUT2D eigenvalue weighted by molar-refractivity contribution is -0.144. The van der Waals surface area contributed by atoms with Crippen LogP contribution in [-0.2, 0) is 56.4 Å². The third kappa shape index (κ3) is 11.7. The number of thiazole rings is 1. The number of aromatic nitrogens is 5. The number of likely N-dealkylation sites (tertiary alicyclic amines) is 1. The van der Waals surface area contributed by atoms with E-state index >= 15 is 8.78 Å². The number of hydrogen-bond donors (Lipinski definition) is 5. The van der Waals surface area contributed by atoms with Gasteiger partial charge in [0.15, 0.2) is 5.82 Å². The van der Waals surface area contributed by atoms with E-state index in [1.807, 2.05) is 36.1 Å². The summed E-state index contributed by atoms with van der Waals surface area (Å²) < 4.78 is 39.3. The first-order valence-corrected chi connectivity index (χ1v) is 26.6. The summed E-state index contributed by atoms with van der Waals surface area (Å²) in [5, 5.41) is 31.3. The molecule has 0 radical (unpaired) electrons. The molecule has 5 N–H and O–H groups in total. The van der Waals surface area contributed by atoms with Gasteiger partial charge in [-0.25, -0.2) is 18.6 Å². The maximum absolute atomic E-state index is 15.1. The first-order chi connectivity index (χ1) is 36.0. The van der Waals surface area contributed by atoms with Crippen LogP contribution < -0.4 is 26.2 Å². The number of halogens is 2. The van der Waals surface area contributed by atoms with Gasteiger partial charge < -0.3 is 45.8 Å². The van der Waals surface area contributed by atoms with E-state index in [2.05, 4.69) is 36.0 Å². The Kier molecular flexibility index (Phi) is 16.0. The number of anilines is 2. The Hall–Kier alpha value is -6.78. The molecule has 3 atom stereocenters. The number of nitrogens with zero attached hydrogens (tertiary/aromatic N) is 8. The van der Waals surface area contributed by atoms with Crippen LogP contribution in [-0.4, -0.2) is 134 Å². The van der Waals surface area contributed by atoms with Gasteiger partial charge >= 0.3 is 6.03 Å². The number of rotatable bonds is 15. The van der Waals surface area contributed by atoms with Crippen molar-refractivity contribution in [2.75, 3.05) is 51.3 Å². The van der Waals surface area contributed by atoms with Gasteiger partial charge in [0.2, 0.25) is 23.6 Å². The van der Waals surface area contributed by atoms with Crippen molar-refractivity contribution in [3.8, 4) is 21.6 Å². The fraction of sp³-hybridized carbons (Fsp3) is 0.509. The van der Waals surface area contributed by atoms with Crippen LogP contribution in [0.2, 0.25) is 0 Å². The maximum Gasteiger partial charge on any atom is 0.317 e. The summed E-state index contributed by atoms with van der Waals surface area (Å²) in [6, 6.07) is 9.04. The molecule has 22 heteroatoms. The molecule has 5 aromatic rings. The summed E-state index contributed by atoms with van der Waals surface area (Å²) >= 11 is 1.55. The molecule has 400 valence electrons. The van der Waals surface area contributed by atoms with E-state index < -0.39 is 53.7 Å². The molecule has 0 saturated carbocycles. The molecule has 0 unspecified atom stereocenters. The van der Waals surface area contributed by atoms with Crippen LogP contribution >= 0.6 is 11.3 Å². The summed E-state index contributed by atoms with van der Waals surface area (Å²) in [6.07, 6.45) is 2.74. The van der Waals surface area contributed by atoms with E-state index in [0.717, 1.165) is 57.8 Å². The van der Waals surface area contributed by atoms with E-state index in [9.17, 15) is 29.1 Å². The molecule has 2 saturated heterocycles. The lowest BCUT2D eigenvalue weighted by atomic mass is 9.85. The Bertz CT molecular complexity index is 2910. The highest BCUT2D eigenvalue weighted by Crippen LogP contribution is 2.44. The zero-order valence-electron chi connectivity index (χ0n) is 43.0. The van der Waals surface area contributed by atoms with Crippen LogP contribution in [0.4, 0.5) is 25.1 Å². The Morgan fingerprint density at radius 1 is 0.987 bits per heavy atom. The Balaban J connectivity index is 0.812. The van der Waals surface area contributed by atoms with Gasteiger partial charge in [0.25, 0.3) is 6.43 Å². The van der Waals surface area contributed by atoms with Crippen LogP contribution in [0.3, 0.4) is 0 Å². The van der Waals surface area contributed by atoms with Crippen molar-refractivity contribution in [3.05, 3.63) is 87.9 Å². The second-order valence-corrected chi connectivity index (χ2v) is 21.7. The van der Waals surface area contributed by atoms with Crippen LogP contribution in [0.5, 0.6) is 0 Å². The maximum atomic E-state index is 15.1. The van der Waals surface area contributed by atoms with Gasteiger partial charge in [0, 0.05) is 107 Å². The number of nitrogens with one attached hydrogen (secondary N) is 4. The van der Waals surface area contributed by atoms with E-state index in [0.29, 0.717) is 68.3 Å². The zero-order chi connectivity index (χ0) is 53.1. The molecule has 9 rings (SSSR count). The highest BCUT2D eigenvalue weighted by atomic mass is 32.1. The number of carbonyl (C=O) groups excluding carboxylic acids is 5. The molecule has 3 aromatic heterocycles. The molecular weight excluding hydrogens is 987 g/mol. The molecule has 75 heavy (non-hydrogen) atoms. The van der Waals surface area contributed by atoms with Gasteiger partial charge in [-0.3, -0.25) is 28.5 Å². The van der Waals surface area contributed by atoms with E-state index in [1.165, 1.54) is 21.8 Å². The molecule has 4 aliphatic heterocycles. The summed E-state index contributed by atoms with van der Waals surface area (Å²) in [6.45, 7) is 9.84. The summed E-state index contributed by atoms with van der Waals surface area (Å²) in [7, 11) is 1.60. The van der Waals surface area contributed by atoms with Gasteiger partial charge in [0.1, 0.15) is 18.6 Å². The molecule has 19 nitrogen and oxygen atoms in total. The van der Waals surface area contributed by atoms with Gasteiger partial charge in [-0.05, 0) is 72.4 Å². The van der Waals surface area contributed by atoms with E-state index in [-0.39, 0.29) is 56.7 Å². The van der Waals surface area contributed by atoms with Crippen molar-refractivity contribution in [1.29, 1.82) is 0 Å². The smallest absolute Gasteiger partial charge is 0.317 e. The summed E-state index contributed by atoms with van der Waals surface area (Å²) in [5.41, 5.74) is 7.86. The minimum absolute atomic E-state index is 0.0457. The molecular formula is C53H66F2N12O7S. The molecule has 0 aliphatic carbocycles. The molecule has 2 fully saturated rings. The Morgan fingerprint density at radius 3 is 2.47 bits per heavy atom. The second-order valence-electron chi connectivity index (χ2n) is 20.9. The quantitative estimate of drug-likeness (QED) is 0.0873. The molecule has 7 heterocycles. The number of carbonyl (C=O) groups is 5. The fourth-order valence-electron chi connectivity index (χ4n) is 10.6. The van der Waals surface area contributed by atoms with Crippen molar-refractivity contribution < 1.29 is 42.6 Å². The largest absolute Gasteiger partial charge is 0.391 e. The van der Waals surface area contributed by atoms with Crippen molar-refractivity contribution >= 4 is 52.5 Å². The first-order valence-electron chi connectivity index (χ1n) is 25.7. The average Bonchev–Trinajstić information content (AvgIpc) is 4.23. The Labute approximate surface area is 438 Å². The molecule has 0 spiro atoms. The number of fused-ring (bicyclic) bond motifs is 2. The number of alkyl halides is 2. The summed E-state index contributed by atoms with van der Waals surface area (Å²) in [4.78, 5) is 77.5. The van der Waals surface area contributed by atoms with Crippen molar-refractivity contribution in [2.45, 2.75) is 123 Å². The van der Waals surface area contributed by atoms with Gasteiger partial charge in [-0.2, -0.15) is 10.2 Å². The number of hydrogen-bond acceptors (Lipinski definition) is 12. The third-order valence-electron chi connectivity index (χ3n) is 14.6. The van der Waals surface area contributed by atoms with Crippen LogP contribution in [0, 0.1) is 12.3 Å². The van der Waals surface area contributed by atoms with Gasteiger partial charge in [0.05, 0.1) is 41.0 Å². The second kappa shape index (κ2) is 22.6. The van der Waals surface area contributed by atoms with Gasteiger partial charge in [-0.1, -0.05) is 45.0 Å². The molecule has 6 amide bonds. The predicted octanol–water partition coefficient (Wildman–Crippen LogP) is 5.56. The van der Waals surface area contributed by atoms with Crippen LogP contribution in [0.25, 0.3) is 21.6 Å². The standard InChI is InChI=1S/C53H66F2N12O7S/c1-31-46(75-30-59-31)33-10-8-32(9-11-33)24-58-50(71)43-22-37(68)27-66(43)51(72)47(53(2,3)4)61-44(69)12-16-57-45(70)29-64-26-35(25-60-64)38-21-34-7-6-17-65(42(34)23-39(38)48(54)55)49-40-28-63(52(73)56-5)18-13-41(40)67(62-49)36-14-19-74-20-15-36/h8-11,21,23,25-26,30,36-37,43,47-48,68H,6-7,12-20,22,24,27-29H2,1-5H3,(H,56,73)(H,57,70)(H,58,71)(H,61,69)/t37-,43+,47-/m1/s1. The van der Waals surface area contributed by atoms with Crippen LogP contribution in [0.1, 0.15) is 99.0 Å². The lowest BCUT2D eigenvalue weighted by Crippen LogP contribution is -2.57. The molecule has 4 aliphatic rings. The minimum Gasteiger partial charge on any atom is -0.391 e. The number of amides is 6. The minimum atomic E-state index is -2.83. The number of aliphatic hydroxyl groups excluding tert-OH is 1. The average molecular weight is 1050 g/mol. The van der Waals surface area contributed by atoms with Gasteiger partial charge in [-0.15, -0.1) is 11.3 Å². The number of benzene rings is 2. The fourth-order valence-corrected chi connectivity index (χ4v) is 11.4. The monoisotopic (exact) mass is 1050 g/mol. The first kappa shape index (κ1) is 53.1. The third-order valence-corrected chi connectivity index (χ3v) is 15.6. The number of ether oxygens (including phenoxy) is 1. The number of aliphatic hydroxyl groups is 1. The highest BCUT2D eigenvalue weighted by Gasteiger charge is 2.44. The summed E-state index contributed by atoms with van der Waals surface area (Å²) in [5.74, 6) is -1.23. The van der Waals surface area contributed by atoms with E-state index in [1.54, 1.807) is 61.8 Å².